The fourth-order valence-electron chi connectivity index (χ4n) is 2.02. The molecule has 0 bridgehead atoms. The Morgan fingerprint density at radius 1 is 1.14 bits per heavy atom. The first-order chi connectivity index (χ1) is 6.74. The van der Waals surface area contributed by atoms with Crippen LogP contribution in [-0.2, 0) is 0 Å². The highest BCUT2D eigenvalue weighted by Gasteiger charge is 2.10. The summed E-state index contributed by atoms with van der Waals surface area (Å²) in [7, 11) is 0. The molecule has 0 aromatic heterocycles. The number of nitrogens with one attached hydrogen (secondary N) is 1. The van der Waals surface area contributed by atoms with Gasteiger partial charge >= 0.3 is 0 Å². The van der Waals surface area contributed by atoms with Gasteiger partial charge in [-0.25, -0.2) is 0 Å². The number of rotatable bonds is 9. The van der Waals surface area contributed by atoms with Gasteiger partial charge in [-0.15, -0.1) is 0 Å². The van der Waals surface area contributed by atoms with Gasteiger partial charge in [0.25, 0.3) is 0 Å². The number of hydrogen-bond acceptors (Lipinski definition) is 1. The van der Waals surface area contributed by atoms with E-state index in [-0.39, 0.29) is 0 Å². The van der Waals surface area contributed by atoms with Crippen molar-refractivity contribution in [3.8, 4) is 0 Å². The van der Waals surface area contributed by atoms with Gasteiger partial charge < -0.3 is 5.32 Å². The Morgan fingerprint density at radius 2 is 1.86 bits per heavy atom. The summed E-state index contributed by atoms with van der Waals surface area (Å²) in [6.45, 7) is 11.5. The van der Waals surface area contributed by atoms with E-state index in [1.165, 1.54) is 38.6 Å². The fraction of sp³-hybridized carbons (Fsp3) is 1.00. The molecule has 86 valence electrons. The van der Waals surface area contributed by atoms with Crippen molar-refractivity contribution in [1.29, 1.82) is 0 Å². The average molecular weight is 199 g/mol. The summed E-state index contributed by atoms with van der Waals surface area (Å²) in [5.74, 6) is 1.81. The topological polar surface area (TPSA) is 12.0 Å². The number of hydrogen-bond donors (Lipinski definition) is 1. The summed E-state index contributed by atoms with van der Waals surface area (Å²) >= 11 is 0. The van der Waals surface area contributed by atoms with Crippen molar-refractivity contribution < 1.29 is 0 Å². The maximum absolute atomic E-state index is 3.43. The van der Waals surface area contributed by atoms with Gasteiger partial charge in [-0.3, -0.25) is 0 Å². The van der Waals surface area contributed by atoms with Gasteiger partial charge in [0.15, 0.2) is 0 Å². The first-order valence-electron chi connectivity index (χ1n) is 6.45. The second-order valence-corrected chi connectivity index (χ2v) is 4.57. The smallest absolute Gasteiger partial charge is 0.00232 e. The molecule has 0 aliphatic heterocycles. The van der Waals surface area contributed by atoms with Crippen LogP contribution in [0.4, 0.5) is 0 Å². The molecule has 1 N–H and O–H groups in total. The molecule has 1 nitrogen and oxygen atoms in total. The molecule has 0 aliphatic carbocycles. The highest BCUT2D eigenvalue weighted by molar-refractivity contribution is 4.64. The zero-order chi connectivity index (χ0) is 10.8. The van der Waals surface area contributed by atoms with Gasteiger partial charge in [-0.1, -0.05) is 53.4 Å². The van der Waals surface area contributed by atoms with Crippen LogP contribution in [0.2, 0.25) is 0 Å². The van der Waals surface area contributed by atoms with E-state index in [1.54, 1.807) is 0 Å². The molecule has 0 aliphatic rings. The van der Waals surface area contributed by atoms with Gasteiger partial charge in [-0.2, -0.15) is 0 Å². The molecular weight excluding hydrogens is 170 g/mol. The van der Waals surface area contributed by atoms with Crippen LogP contribution in [0.1, 0.15) is 59.8 Å². The van der Waals surface area contributed by atoms with E-state index in [0.717, 1.165) is 18.4 Å². The van der Waals surface area contributed by atoms with Crippen molar-refractivity contribution in [2.75, 3.05) is 13.1 Å². The molecule has 0 aromatic rings. The minimum absolute atomic E-state index is 0.844. The average Bonchev–Trinajstić information content (AvgIpc) is 2.21. The molecular formula is C13H29N. The third-order valence-corrected chi connectivity index (χ3v) is 3.02. The van der Waals surface area contributed by atoms with E-state index in [9.17, 15) is 0 Å². The largest absolute Gasteiger partial charge is 0.317 e. The molecule has 0 amide bonds. The van der Waals surface area contributed by atoms with Crippen molar-refractivity contribution in [1.82, 2.24) is 5.32 Å². The van der Waals surface area contributed by atoms with Crippen LogP contribution >= 0.6 is 0 Å². The summed E-state index contributed by atoms with van der Waals surface area (Å²) in [6.07, 6.45) is 6.95. The predicted molar refractivity (Wildman–Crippen MR) is 65.6 cm³/mol. The maximum Gasteiger partial charge on any atom is -0.00232 e. The molecule has 1 heteroatoms. The molecule has 2 atom stereocenters. The summed E-state index contributed by atoms with van der Waals surface area (Å²) in [5.41, 5.74) is 0. The summed E-state index contributed by atoms with van der Waals surface area (Å²) in [4.78, 5) is 0. The lowest BCUT2D eigenvalue weighted by atomic mass is 9.89. The molecule has 0 saturated heterocycles. The second-order valence-electron chi connectivity index (χ2n) is 4.57. The third kappa shape index (κ3) is 7.37. The fourth-order valence-corrected chi connectivity index (χ4v) is 2.02. The third-order valence-electron chi connectivity index (χ3n) is 3.02. The minimum atomic E-state index is 0.844. The van der Waals surface area contributed by atoms with Gasteiger partial charge in [-0.05, 0) is 31.3 Å². The lowest BCUT2D eigenvalue weighted by Gasteiger charge is -2.19. The molecule has 0 heterocycles. The molecule has 2 unspecified atom stereocenters. The van der Waals surface area contributed by atoms with Crippen LogP contribution in [-0.4, -0.2) is 13.1 Å². The summed E-state index contributed by atoms with van der Waals surface area (Å²) < 4.78 is 0. The summed E-state index contributed by atoms with van der Waals surface area (Å²) in [6, 6.07) is 0. The van der Waals surface area contributed by atoms with Gasteiger partial charge in [0.1, 0.15) is 0 Å². The van der Waals surface area contributed by atoms with Crippen molar-refractivity contribution in [3.05, 3.63) is 0 Å². The molecule has 0 spiro atoms. The van der Waals surface area contributed by atoms with Crippen LogP contribution in [0.25, 0.3) is 0 Å². The second kappa shape index (κ2) is 9.51. The molecule has 0 aromatic carbocycles. The normalized spacial score (nSPS) is 15.4. The van der Waals surface area contributed by atoms with Crippen molar-refractivity contribution >= 4 is 0 Å². The lowest BCUT2D eigenvalue weighted by molar-refractivity contribution is 0.344. The van der Waals surface area contributed by atoms with Crippen LogP contribution in [0.5, 0.6) is 0 Å². The van der Waals surface area contributed by atoms with E-state index in [0.29, 0.717) is 0 Å². The first-order valence-corrected chi connectivity index (χ1v) is 6.45. The molecule has 14 heavy (non-hydrogen) atoms. The Morgan fingerprint density at radius 3 is 2.36 bits per heavy atom. The molecule has 0 fully saturated rings. The van der Waals surface area contributed by atoms with Crippen LogP contribution in [0.15, 0.2) is 0 Å². The van der Waals surface area contributed by atoms with E-state index < -0.39 is 0 Å². The monoisotopic (exact) mass is 199 g/mol. The Labute approximate surface area is 90.7 Å². The Balaban J connectivity index is 3.57. The molecule has 0 radical (unpaired) electrons. The van der Waals surface area contributed by atoms with Crippen LogP contribution < -0.4 is 5.32 Å². The van der Waals surface area contributed by atoms with Crippen LogP contribution in [0.3, 0.4) is 0 Å². The maximum atomic E-state index is 3.43. The molecule has 0 saturated carbocycles. The van der Waals surface area contributed by atoms with Gasteiger partial charge in [0, 0.05) is 0 Å². The number of unbranched alkanes of at least 4 members (excludes halogenated alkanes) is 1. The predicted octanol–water partition coefficient (Wildman–Crippen LogP) is 3.84. The molecule has 0 rings (SSSR count). The van der Waals surface area contributed by atoms with E-state index >= 15 is 0 Å². The highest BCUT2D eigenvalue weighted by atomic mass is 14.8. The lowest BCUT2D eigenvalue weighted by Crippen LogP contribution is -2.22. The SMILES string of the molecule is CCCCC(CC)CC(C)CNCC. The van der Waals surface area contributed by atoms with E-state index in [2.05, 4.69) is 33.0 Å². The van der Waals surface area contributed by atoms with Crippen LogP contribution in [0, 0.1) is 11.8 Å². The Hall–Kier alpha value is -0.0400. The van der Waals surface area contributed by atoms with Crippen molar-refractivity contribution in [2.24, 2.45) is 11.8 Å². The van der Waals surface area contributed by atoms with E-state index in [4.69, 9.17) is 0 Å². The van der Waals surface area contributed by atoms with Crippen molar-refractivity contribution in [2.45, 2.75) is 59.8 Å². The quantitative estimate of drug-likeness (QED) is 0.595. The Kier molecular flexibility index (Phi) is 9.49. The van der Waals surface area contributed by atoms with Crippen molar-refractivity contribution in [3.63, 3.8) is 0 Å². The Bertz CT molecular complexity index is 112. The minimum Gasteiger partial charge on any atom is -0.317 e. The first kappa shape index (κ1) is 14.0. The van der Waals surface area contributed by atoms with Gasteiger partial charge in [0.2, 0.25) is 0 Å². The van der Waals surface area contributed by atoms with Gasteiger partial charge in [0.05, 0.1) is 0 Å². The van der Waals surface area contributed by atoms with E-state index in [1.807, 2.05) is 0 Å². The highest BCUT2D eigenvalue weighted by Crippen LogP contribution is 2.20. The zero-order valence-electron chi connectivity index (χ0n) is 10.6. The standard InChI is InChI=1S/C13H29N/c1-5-8-9-13(6-2)10-12(4)11-14-7-3/h12-14H,5-11H2,1-4H3. The summed E-state index contributed by atoms with van der Waals surface area (Å²) in [5, 5.41) is 3.43. The zero-order valence-corrected chi connectivity index (χ0v) is 10.6.